The maximum Gasteiger partial charge on any atom is 0.264 e. The molecule has 0 atom stereocenters. The van der Waals surface area contributed by atoms with Crippen LogP contribution in [-0.2, 0) is 16.4 Å². The van der Waals surface area contributed by atoms with Gasteiger partial charge in [0.2, 0.25) is 10.0 Å². The minimum Gasteiger partial charge on any atom is -0.358 e. The summed E-state index contributed by atoms with van der Waals surface area (Å²) in [5.74, 6) is -0.692. The molecule has 8 heteroatoms. The molecule has 0 fully saturated rings. The van der Waals surface area contributed by atoms with Crippen LogP contribution in [0.4, 0.5) is 0 Å². The molecule has 2 N–H and O–H groups in total. The van der Waals surface area contributed by atoms with Crippen molar-refractivity contribution in [2.45, 2.75) is 33.1 Å². The lowest BCUT2D eigenvalue weighted by molar-refractivity contribution is 0.0981. The number of carbonyl (C=O) groups excluding carboxylic acids is 1. The quantitative estimate of drug-likeness (QED) is 0.514. The zero-order valence-corrected chi connectivity index (χ0v) is 18.5. The maximum atomic E-state index is 12.4. The molecule has 0 saturated heterocycles. The van der Waals surface area contributed by atoms with Crippen LogP contribution in [0.25, 0.3) is 10.9 Å². The smallest absolute Gasteiger partial charge is 0.264 e. The van der Waals surface area contributed by atoms with Gasteiger partial charge < -0.3 is 4.98 Å². The number of carbonyl (C=O) groups is 1. The van der Waals surface area contributed by atoms with Gasteiger partial charge in [0.1, 0.15) is 0 Å². The Kier molecular flexibility index (Phi) is 6.56. The summed E-state index contributed by atoms with van der Waals surface area (Å²) in [5, 5.41) is 2.14. The van der Waals surface area contributed by atoms with E-state index in [1.807, 2.05) is 26.0 Å². The number of H-pyrrole nitrogens is 1. The van der Waals surface area contributed by atoms with E-state index in [2.05, 4.69) is 9.71 Å². The number of aromatic nitrogens is 1. The van der Waals surface area contributed by atoms with Crippen molar-refractivity contribution < 1.29 is 13.2 Å². The van der Waals surface area contributed by atoms with Crippen LogP contribution in [0, 0.1) is 6.92 Å². The van der Waals surface area contributed by atoms with Crippen LogP contribution >= 0.6 is 23.2 Å². The van der Waals surface area contributed by atoms with Crippen molar-refractivity contribution in [2.75, 3.05) is 5.75 Å². The zero-order valence-electron chi connectivity index (χ0n) is 16.2. The summed E-state index contributed by atoms with van der Waals surface area (Å²) in [6, 6.07) is 10.5. The Hall–Kier alpha value is -2.02. The van der Waals surface area contributed by atoms with Crippen LogP contribution in [-0.4, -0.2) is 25.1 Å². The highest BCUT2D eigenvalue weighted by Crippen LogP contribution is 2.29. The minimum atomic E-state index is -3.63. The molecule has 5 nitrogen and oxygen atoms in total. The first kappa shape index (κ1) is 21.7. The van der Waals surface area contributed by atoms with E-state index in [4.69, 9.17) is 23.2 Å². The SMILES string of the molecule is CCCCS(=O)(=O)NC(=O)c1ccc2c(Cc3ccc(Cl)cc3Cl)c(C)[nH]c2c1. The summed E-state index contributed by atoms with van der Waals surface area (Å²) >= 11 is 12.3. The second kappa shape index (κ2) is 8.78. The lowest BCUT2D eigenvalue weighted by atomic mass is 10.0. The van der Waals surface area contributed by atoms with E-state index in [0.29, 0.717) is 22.9 Å². The number of benzene rings is 2. The van der Waals surface area contributed by atoms with Gasteiger partial charge in [-0.1, -0.05) is 48.7 Å². The molecule has 0 radical (unpaired) electrons. The molecule has 0 unspecified atom stereocenters. The van der Waals surface area contributed by atoms with E-state index < -0.39 is 15.9 Å². The number of amides is 1. The van der Waals surface area contributed by atoms with Gasteiger partial charge in [-0.05, 0) is 48.7 Å². The fraction of sp³-hybridized carbons (Fsp3) is 0.286. The third-order valence-electron chi connectivity index (χ3n) is 4.78. The second-order valence-electron chi connectivity index (χ2n) is 7.01. The predicted octanol–water partition coefficient (Wildman–Crippen LogP) is 5.23. The molecule has 1 aromatic heterocycles. The van der Waals surface area contributed by atoms with E-state index in [1.54, 1.807) is 24.3 Å². The van der Waals surface area contributed by atoms with Crippen molar-refractivity contribution in [3.05, 3.63) is 68.8 Å². The predicted molar refractivity (Wildman–Crippen MR) is 118 cm³/mol. The van der Waals surface area contributed by atoms with E-state index in [9.17, 15) is 13.2 Å². The van der Waals surface area contributed by atoms with Gasteiger partial charge in [0, 0.05) is 38.6 Å². The van der Waals surface area contributed by atoms with Gasteiger partial charge in [-0.3, -0.25) is 4.79 Å². The zero-order chi connectivity index (χ0) is 21.2. The summed E-state index contributed by atoms with van der Waals surface area (Å²) in [4.78, 5) is 15.7. The van der Waals surface area contributed by atoms with E-state index in [0.717, 1.165) is 34.1 Å². The Labute approximate surface area is 180 Å². The van der Waals surface area contributed by atoms with E-state index >= 15 is 0 Å². The van der Waals surface area contributed by atoms with Crippen molar-refractivity contribution in [1.82, 2.24) is 9.71 Å². The number of hydrogen-bond acceptors (Lipinski definition) is 3. The van der Waals surface area contributed by atoms with Crippen LogP contribution < -0.4 is 4.72 Å². The number of halogens is 2. The molecule has 0 aliphatic rings. The van der Waals surface area contributed by atoms with Crippen molar-refractivity contribution in [3.63, 3.8) is 0 Å². The number of aryl methyl sites for hydroxylation is 1. The molecular weight excluding hydrogens is 431 g/mol. The summed E-state index contributed by atoms with van der Waals surface area (Å²) < 4.78 is 26.1. The minimum absolute atomic E-state index is 0.0644. The van der Waals surface area contributed by atoms with E-state index in [1.165, 1.54) is 0 Å². The molecular formula is C21H22Cl2N2O3S. The fourth-order valence-electron chi connectivity index (χ4n) is 3.20. The third kappa shape index (κ3) is 5.13. The monoisotopic (exact) mass is 452 g/mol. The molecule has 1 heterocycles. The van der Waals surface area contributed by atoms with Crippen LogP contribution in [0.2, 0.25) is 10.0 Å². The first-order valence-corrected chi connectivity index (χ1v) is 11.7. The van der Waals surface area contributed by atoms with E-state index in [-0.39, 0.29) is 11.3 Å². The lowest BCUT2D eigenvalue weighted by Crippen LogP contribution is -2.32. The summed E-state index contributed by atoms with van der Waals surface area (Å²) in [6.07, 6.45) is 1.86. The number of hydrogen-bond donors (Lipinski definition) is 2. The standard InChI is InChI=1S/C21H22Cl2N2O3S/c1-3-4-9-29(27,28)25-21(26)15-6-8-17-18(13(2)24-20(17)11-15)10-14-5-7-16(22)12-19(14)23/h5-8,11-12,24H,3-4,9-10H2,1-2H3,(H,25,26). The average Bonchev–Trinajstić information content (AvgIpc) is 2.96. The van der Waals surface area contributed by atoms with Crippen molar-refractivity contribution >= 4 is 50.0 Å². The molecule has 29 heavy (non-hydrogen) atoms. The Morgan fingerprint density at radius 1 is 1.14 bits per heavy atom. The molecule has 0 aliphatic heterocycles. The molecule has 0 saturated carbocycles. The number of rotatable bonds is 7. The van der Waals surface area contributed by atoms with Crippen LogP contribution in [0.15, 0.2) is 36.4 Å². The first-order valence-electron chi connectivity index (χ1n) is 9.30. The molecule has 1 amide bonds. The van der Waals surface area contributed by atoms with Crippen LogP contribution in [0.3, 0.4) is 0 Å². The highest BCUT2D eigenvalue weighted by molar-refractivity contribution is 7.90. The Balaban J connectivity index is 1.87. The fourth-order valence-corrected chi connectivity index (χ4v) is 4.85. The largest absolute Gasteiger partial charge is 0.358 e. The normalized spacial score (nSPS) is 11.7. The van der Waals surface area contributed by atoms with Crippen molar-refractivity contribution in [3.8, 4) is 0 Å². The van der Waals surface area contributed by atoms with Gasteiger partial charge >= 0.3 is 0 Å². The molecule has 154 valence electrons. The Morgan fingerprint density at radius 3 is 2.59 bits per heavy atom. The van der Waals surface area contributed by atoms with Crippen LogP contribution in [0.1, 0.15) is 46.9 Å². The first-order chi connectivity index (χ1) is 13.7. The summed E-state index contributed by atoms with van der Waals surface area (Å²) in [5.41, 5.74) is 4.02. The second-order valence-corrected chi connectivity index (χ2v) is 9.69. The van der Waals surface area contributed by atoms with Gasteiger partial charge in [-0.2, -0.15) is 0 Å². The molecule has 3 aromatic rings. The Morgan fingerprint density at radius 2 is 1.90 bits per heavy atom. The number of unbranched alkanes of at least 4 members (excludes halogenated alkanes) is 1. The third-order valence-corrected chi connectivity index (χ3v) is 6.69. The summed E-state index contributed by atoms with van der Waals surface area (Å²) in [6.45, 7) is 3.85. The van der Waals surface area contributed by atoms with Crippen LogP contribution in [0.5, 0.6) is 0 Å². The summed E-state index contributed by atoms with van der Waals surface area (Å²) in [7, 11) is -3.63. The molecule has 0 aliphatic carbocycles. The number of sulfonamides is 1. The van der Waals surface area contributed by atoms with Gasteiger partial charge in [-0.15, -0.1) is 0 Å². The van der Waals surface area contributed by atoms with Crippen molar-refractivity contribution in [1.29, 1.82) is 0 Å². The lowest BCUT2D eigenvalue weighted by Gasteiger charge is -2.07. The number of fused-ring (bicyclic) bond motifs is 1. The molecule has 2 aromatic carbocycles. The number of aromatic amines is 1. The number of nitrogens with one attached hydrogen (secondary N) is 2. The topological polar surface area (TPSA) is 79.0 Å². The highest BCUT2D eigenvalue weighted by atomic mass is 35.5. The average molecular weight is 453 g/mol. The molecule has 0 bridgehead atoms. The van der Waals surface area contributed by atoms with Gasteiger partial charge in [-0.25, -0.2) is 13.1 Å². The van der Waals surface area contributed by atoms with Gasteiger partial charge in [0.15, 0.2) is 0 Å². The van der Waals surface area contributed by atoms with Crippen molar-refractivity contribution in [2.24, 2.45) is 0 Å². The molecule has 0 spiro atoms. The van der Waals surface area contributed by atoms with Gasteiger partial charge in [0.25, 0.3) is 5.91 Å². The maximum absolute atomic E-state index is 12.4. The van der Waals surface area contributed by atoms with Gasteiger partial charge in [0.05, 0.1) is 5.75 Å². The Bertz CT molecular complexity index is 1170. The molecule has 3 rings (SSSR count). The highest BCUT2D eigenvalue weighted by Gasteiger charge is 2.17.